The lowest BCUT2D eigenvalue weighted by Crippen LogP contribution is -2.35. The highest BCUT2D eigenvalue weighted by molar-refractivity contribution is 5.34. The van der Waals surface area contributed by atoms with Crippen LogP contribution in [0, 0.1) is 0 Å². The maximum atomic E-state index is 5.54. The SMILES string of the molecule is c1ccc2c(c1)CCC2NCC1CCOCO1. The Labute approximate surface area is 102 Å². The molecule has 0 radical (unpaired) electrons. The molecule has 3 rings (SSSR count). The first-order valence-electron chi connectivity index (χ1n) is 6.44. The second kappa shape index (κ2) is 5.17. The summed E-state index contributed by atoms with van der Waals surface area (Å²) in [4.78, 5) is 0. The molecule has 0 spiro atoms. The summed E-state index contributed by atoms with van der Waals surface area (Å²) in [6.07, 6.45) is 3.73. The van der Waals surface area contributed by atoms with E-state index in [0.29, 0.717) is 18.9 Å². The average molecular weight is 233 g/mol. The summed E-state index contributed by atoms with van der Waals surface area (Å²) >= 11 is 0. The Kier molecular flexibility index (Phi) is 3.41. The minimum absolute atomic E-state index is 0.316. The highest BCUT2D eigenvalue weighted by Gasteiger charge is 2.23. The van der Waals surface area contributed by atoms with Crippen molar-refractivity contribution in [2.75, 3.05) is 19.9 Å². The predicted molar refractivity (Wildman–Crippen MR) is 65.8 cm³/mol. The van der Waals surface area contributed by atoms with Gasteiger partial charge >= 0.3 is 0 Å². The molecule has 92 valence electrons. The van der Waals surface area contributed by atoms with Crippen LogP contribution in [0.15, 0.2) is 24.3 Å². The van der Waals surface area contributed by atoms with Gasteiger partial charge in [-0.3, -0.25) is 0 Å². The fraction of sp³-hybridized carbons (Fsp3) is 0.571. The standard InChI is InChI=1S/C14H19NO2/c1-2-4-13-11(3-1)5-6-14(13)15-9-12-7-8-16-10-17-12/h1-4,12,14-15H,5-10H2. The van der Waals surface area contributed by atoms with E-state index in [4.69, 9.17) is 9.47 Å². The molecule has 1 aromatic rings. The smallest absolute Gasteiger partial charge is 0.147 e. The number of nitrogens with one attached hydrogen (secondary N) is 1. The van der Waals surface area contributed by atoms with E-state index in [1.165, 1.54) is 24.0 Å². The number of hydrogen-bond donors (Lipinski definition) is 1. The van der Waals surface area contributed by atoms with Crippen molar-refractivity contribution in [1.29, 1.82) is 0 Å². The summed E-state index contributed by atoms with van der Waals surface area (Å²) in [5.41, 5.74) is 2.97. The van der Waals surface area contributed by atoms with Crippen molar-refractivity contribution in [2.24, 2.45) is 0 Å². The Bertz CT molecular complexity index is 374. The Morgan fingerprint density at radius 2 is 2.18 bits per heavy atom. The van der Waals surface area contributed by atoms with E-state index in [1.807, 2.05) is 0 Å². The lowest BCUT2D eigenvalue weighted by atomic mass is 10.1. The zero-order chi connectivity index (χ0) is 11.5. The Balaban J connectivity index is 1.56. The van der Waals surface area contributed by atoms with Crippen molar-refractivity contribution >= 4 is 0 Å². The molecule has 1 aliphatic carbocycles. The van der Waals surface area contributed by atoms with Gasteiger partial charge in [0.25, 0.3) is 0 Å². The summed E-state index contributed by atoms with van der Waals surface area (Å²) in [5, 5.41) is 3.63. The molecule has 1 aliphatic heterocycles. The van der Waals surface area contributed by atoms with Gasteiger partial charge in [0, 0.05) is 12.6 Å². The minimum atomic E-state index is 0.316. The largest absolute Gasteiger partial charge is 0.355 e. The molecule has 2 atom stereocenters. The number of benzene rings is 1. The van der Waals surface area contributed by atoms with E-state index in [2.05, 4.69) is 29.6 Å². The van der Waals surface area contributed by atoms with Gasteiger partial charge in [0.15, 0.2) is 0 Å². The molecule has 2 aliphatic rings. The first-order chi connectivity index (χ1) is 8.43. The molecular formula is C14H19NO2. The molecule has 1 saturated heterocycles. The molecule has 1 aromatic carbocycles. The second-order valence-corrected chi connectivity index (χ2v) is 4.80. The van der Waals surface area contributed by atoms with Crippen LogP contribution in [0.2, 0.25) is 0 Å². The topological polar surface area (TPSA) is 30.5 Å². The van der Waals surface area contributed by atoms with Crippen LogP contribution in [0.25, 0.3) is 0 Å². The minimum Gasteiger partial charge on any atom is -0.355 e. The number of ether oxygens (including phenoxy) is 2. The molecule has 1 fully saturated rings. The van der Waals surface area contributed by atoms with Crippen LogP contribution in [0.5, 0.6) is 0 Å². The van der Waals surface area contributed by atoms with Gasteiger partial charge in [-0.15, -0.1) is 0 Å². The van der Waals surface area contributed by atoms with Crippen LogP contribution in [-0.2, 0) is 15.9 Å². The maximum absolute atomic E-state index is 5.54. The lowest BCUT2D eigenvalue weighted by Gasteiger charge is -2.25. The molecule has 0 saturated carbocycles. The molecule has 17 heavy (non-hydrogen) atoms. The molecule has 1 N–H and O–H groups in total. The van der Waals surface area contributed by atoms with Gasteiger partial charge in [-0.05, 0) is 30.4 Å². The van der Waals surface area contributed by atoms with Crippen molar-refractivity contribution in [3.63, 3.8) is 0 Å². The van der Waals surface area contributed by atoms with Crippen LogP contribution < -0.4 is 5.32 Å². The third-order valence-electron chi connectivity index (χ3n) is 3.70. The zero-order valence-electron chi connectivity index (χ0n) is 10.0. The molecule has 0 aromatic heterocycles. The van der Waals surface area contributed by atoms with E-state index < -0.39 is 0 Å². The van der Waals surface area contributed by atoms with E-state index in [9.17, 15) is 0 Å². The van der Waals surface area contributed by atoms with Crippen molar-refractivity contribution in [3.8, 4) is 0 Å². The molecule has 0 amide bonds. The van der Waals surface area contributed by atoms with Gasteiger partial charge in [-0.25, -0.2) is 0 Å². The molecule has 3 heteroatoms. The molecule has 3 nitrogen and oxygen atoms in total. The van der Waals surface area contributed by atoms with Gasteiger partial charge in [0.2, 0.25) is 0 Å². The van der Waals surface area contributed by atoms with E-state index in [1.54, 1.807) is 0 Å². The van der Waals surface area contributed by atoms with Crippen molar-refractivity contribution < 1.29 is 9.47 Å². The normalized spacial score (nSPS) is 28.0. The van der Waals surface area contributed by atoms with E-state index in [0.717, 1.165) is 19.6 Å². The lowest BCUT2D eigenvalue weighted by molar-refractivity contribution is -0.137. The molecule has 2 unspecified atom stereocenters. The van der Waals surface area contributed by atoms with E-state index in [-0.39, 0.29) is 0 Å². The first kappa shape index (κ1) is 11.2. The molecule has 0 bridgehead atoms. The highest BCUT2D eigenvalue weighted by Crippen LogP contribution is 2.30. The third-order valence-corrected chi connectivity index (χ3v) is 3.70. The summed E-state index contributed by atoms with van der Waals surface area (Å²) in [7, 11) is 0. The van der Waals surface area contributed by atoms with Crippen molar-refractivity contribution in [3.05, 3.63) is 35.4 Å². The fourth-order valence-electron chi connectivity index (χ4n) is 2.71. The number of fused-ring (bicyclic) bond motifs is 1. The highest BCUT2D eigenvalue weighted by atomic mass is 16.7. The number of rotatable bonds is 3. The van der Waals surface area contributed by atoms with Crippen LogP contribution in [0.1, 0.15) is 30.0 Å². The monoisotopic (exact) mass is 233 g/mol. The molecule has 1 heterocycles. The van der Waals surface area contributed by atoms with Crippen molar-refractivity contribution in [2.45, 2.75) is 31.4 Å². The van der Waals surface area contributed by atoms with Crippen LogP contribution >= 0.6 is 0 Å². The van der Waals surface area contributed by atoms with Crippen LogP contribution in [0.3, 0.4) is 0 Å². The Morgan fingerprint density at radius 1 is 1.24 bits per heavy atom. The summed E-state index contributed by atoms with van der Waals surface area (Å²) < 4.78 is 10.7. The maximum Gasteiger partial charge on any atom is 0.147 e. The van der Waals surface area contributed by atoms with Gasteiger partial charge in [-0.2, -0.15) is 0 Å². The number of hydrogen-bond acceptors (Lipinski definition) is 3. The molecular weight excluding hydrogens is 214 g/mol. The summed E-state index contributed by atoms with van der Waals surface area (Å²) in [6.45, 7) is 2.21. The zero-order valence-corrected chi connectivity index (χ0v) is 10.0. The predicted octanol–water partition coefficient (Wildman–Crippen LogP) is 2.03. The quantitative estimate of drug-likeness (QED) is 0.866. The first-order valence-corrected chi connectivity index (χ1v) is 6.44. The van der Waals surface area contributed by atoms with Gasteiger partial charge in [-0.1, -0.05) is 24.3 Å². The van der Waals surface area contributed by atoms with Crippen LogP contribution in [0.4, 0.5) is 0 Å². The average Bonchev–Trinajstić information content (AvgIpc) is 2.81. The van der Waals surface area contributed by atoms with Gasteiger partial charge in [0.1, 0.15) is 6.79 Å². The second-order valence-electron chi connectivity index (χ2n) is 4.80. The summed E-state index contributed by atoms with van der Waals surface area (Å²) in [5.74, 6) is 0. The Morgan fingerprint density at radius 3 is 3.06 bits per heavy atom. The van der Waals surface area contributed by atoms with Gasteiger partial charge in [0.05, 0.1) is 12.7 Å². The number of aryl methyl sites for hydroxylation is 1. The third kappa shape index (κ3) is 2.51. The fourth-order valence-corrected chi connectivity index (χ4v) is 2.71. The Hall–Kier alpha value is -0.900. The van der Waals surface area contributed by atoms with Gasteiger partial charge < -0.3 is 14.8 Å². The van der Waals surface area contributed by atoms with Crippen molar-refractivity contribution in [1.82, 2.24) is 5.32 Å². The van der Waals surface area contributed by atoms with Crippen LogP contribution in [-0.4, -0.2) is 26.0 Å². The summed E-state index contributed by atoms with van der Waals surface area (Å²) in [6, 6.07) is 9.25. The van der Waals surface area contributed by atoms with E-state index >= 15 is 0 Å².